The van der Waals surface area contributed by atoms with Gasteiger partial charge in [0, 0.05) is 18.0 Å². The fourth-order valence-electron chi connectivity index (χ4n) is 1.44. The minimum Gasteiger partial charge on any atom is -0.493 e. The largest absolute Gasteiger partial charge is 0.493 e. The Morgan fingerprint density at radius 2 is 2.06 bits per heavy atom. The molecule has 0 atom stereocenters. The van der Waals surface area contributed by atoms with Gasteiger partial charge in [-0.05, 0) is 24.3 Å². The molecule has 0 radical (unpaired) electrons. The van der Waals surface area contributed by atoms with Crippen LogP contribution >= 0.6 is 0 Å². The summed E-state index contributed by atoms with van der Waals surface area (Å²) in [5, 5.41) is 0. The maximum atomic E-state index is 5.66. The lowest BCUT2D eigenvalue weighted by atomic mass is 10.3. The van der Waals surface area contributed by atoms with E-state index in [1.165, 1.54) is 0 Å². The first-order valence-corrected chi connectivity index (χ1v) is 5.26. The maximum absolute atomic E-state index is 5.66. The van der Waals surface area contributed by atoms with Gasteiger partial charge in [0.1, 0.15) is 6.61 Å². The van der Waals surface area contributed by atoms with E-state index in [0.717, 1.165) is 5.69 Å². The van der Waals surface area contributed by atoms with Crippen LogP contribution in [0.2, 0.25) is 0 Å². The third-order valence-corrected chi connectivity index (χ3v) is 2.29. The van der Waals surface area contributed by atoms with Crippen LogP contribution in [-0.4, -0.2) is 12.1 Å². The van der Waals surface area contributed by atoms with Crippen LogP contribution in [-0.2, 0) is 6.61 Å². The zero-order chi connectivity index (χ0) is 12.1. The normalized spacial score (nSPS) is 9.94. The van der Waals surface area contributed by atoms with Crippen molar-refractivity contribution >= 4 is 5.69 Å². The molecule has 2 N–H and O–H groups in total. The number of hydrogen-bond acceptors (Lipinski definition) is 4. The van der Waals surface area contributed by atoms with Crippen molar-refractivity contribution in [1.82, 2.24) is 4.98 Å². The molecule has 2 rings (SSSR count). The summed E-state index contributed by atoms with van der Waals surface area (Å²) in [7, 11) is 1.59. The lowest BCUT2D eigenvalue weighted by Crippen LogP contribution is -1.99. The minimum atomic E-state index is 0.404. The molecule has 4 heteroatoms. The van der Waals surface area contributed by atoms with Crippen LogP contribution in [0.4, 0.5) is 5.69 Å². The van der Waals surface area contributed by atoms with Crippen molar-refractivity contribution in [2.75, 3.05) is 12.8 Å². The molecule has 4 nitrogen and oxygen atoms in total. The highest BCUT2D eigenvalue weighted by molar-refractivity contribution is 5.51. The molecule has 88 valence electrons. The van der Waals surface area contributed by atoms with Crippen molar-refractivity contribution in [3.8, 4) is 11.5 Å². The van der Waals surface area contributed by atoms with Crippen LogP contribution in [0.1, 0.15) is 5.69 Å². The van der Waals surface area contributed by atoms with Gasteiger partial charge in [0.25, 0.3) is 0 Å². The van der Waals surface area contributed by atoms with E-state index in [4.69, 9.17) is 15.2 Å². The lowest BCUT2D eigenvalue weighted by Gasteiger charge is -2.10. The standard InChI is InChI=1S/C13H14N2O2/c1-16-13-8-10(14)5-6-12(13)17-9-11-4-2-3-7-15-11/h2-8H,9,14H2,1H3. The molecule has 2 aromatic rings. The summed E-state index contributed by atoms with van der Waals surface area (Å²) in [6.45, 7) is 0.404. The van der Waals surface area contributed by atoms with E-state index in [1.54, 1.807) is 31.5 Å². The number of methoxy groups -OCH3 is 1. The molecule has 1 aromatic heterocycles. The van der Waals surface area contributed by atoms with Crippen molar-refractivity contribution in [3.05, 3.63) is 48.3 Å². The monoisotopic (exact) mass is 230 g/mol. The smallest absolute Gasteiger partial charge is 0.162 e. The number of hydrogen-bond donors (Lipinski definition) is 1. The Labute approximate surface area is 100 Å². The Bertz CT molecular complexity index is 486. The summed E-state index contributed by atoms with van der Waals surface area (Å²) < 4.78 is 10.8. The second-order valence-electron chi connectivity index (χ2n) is 3.52. The first-order chi connectivity index (χ1) is 8.29. The molecule has 0 amide bonds. The number of rotatable bonds is 4. The van der Waals surface area contributed by atoms with Gasteiger partial charge in [-0.25, -0.2) is 0 Å². The van der Waals surface area contributed by atoms with Crippen LogP contribution in [0, 0.1) is 0 Å². The zero-order valence-electron chi connectivity index (χ0n) is 9.59. The highest BCUT2D eigenvalue weighted by Crippen LogP contribution is 2.29. The van der Waals surface area contributed by atoms with Crippen LogP contribution < -0.4 is 15.2 Å². The summed E-state index contributed by atoms with van der Waals surface area (Å²) in [4.78, 5) is 4.18. The Morgan fingerprint density at radius 1 is 1.18 bits per heavy atom. The Kier molecular flexibility index (Phi) is 3.45. The first kappa shape index (κ1) is 11.3. The van der Waals surface area contributed by atoms with Crippen LogP contribution in [0.5, 0.6) is 11.5 Å². The number of pyridine rings is 1. The molecule has 0 aliphatic rings. The molecule has 0 aliphatic heterocycles. The Balaban J connectivity index is 2.09. The van der Waals surface area contributed by atoms with Gasteiger partial charge in [-0.2, -0.15) is 0 Å². The molecule has 0 fully saturated rings. The van der Waals surface area contributed by atoms with Crippen molar-refractivity contribution in [2.24, 2.45) is 0 Å². The minimum absolute atomic E-state index is 0.404. The van der Waals surface area contributed by atoms with E-state index in [0.29, 0.717) is 23.8 Å². The quantitative estimate of drug-likeness (QED) is 0.818. The van der Waals surface area contributed by atoms with E-state index in [1.807, 2.05) is 18.2 Å². The van der Waals surface area contributed by atoms with Crippen molar-refractivity contribution in [3.63, 3.8) is 0 Å². The SMILES string of the molecule is COc1cc(N)ccc1OCc1ccccn1. The molecule has 0 saturated carbocycles. The summed E-state index contributed by atoms with van der Waals surface area (Å²) >= 11 is 0. The van der Waals surface area contributed by atoms with Gasteiger partial charge in [-0.1, -0.05) is 6.07 Å². The fraction of sp³-hybridized carbons (Fsp3) is 0.154. The highest BCUT2D eigenvalue weighted by atomic mass is 16.5. The number of nitrogens with zero attached hydrogens (tertiary/aromatic N) is 1. The third kappa shape index (κ3) is 2.87. The average molecular weight is 230 g/mol. The van der Waals surface area contributed by atoms with Crippen LogP contribution in [0.3, 0.4) is 0 Å². The lowest BCUT2D eigenvalue weighted by molar-refractivity contribution is 0.281. The fourth-order valence-corrected chi connectivity index (χ4v) is 1.44. The molecule has 1 aromatic carbocycles. The van der Waals surface area contributed by atoms with E-state index in [9.17, 15) is 0 Å². The Hall–Kier alpha value is -2.23. The summed E-state index contributed by atoms with van der Waals surface area (Å²) in [5.41, 5.74) is 7.17. The molecule has 1 heterocycles. The van der Waals surface area contributed by atoms with Crippen molar-refractivity contribution in [2.45, 2.75) is 6.61 Å². The summed E-state index contributed by atoms with van der Waals surface area (Å²) in [6.07, 6.45) is 1.74. The van der Waals surface area contributed by atoms with Gasteiger partial charge in [0.2, 0.25) is 0 Å². The summed E-state index contributed by atoms with van der Waals surface area (Å²) in [5.74, 6) is 1.29. The molecular formula is C13H14N2O2. The number of benzene rings is 1. The zero-order valence-corrected chi connectivity index (χ0v) is 9.59. The molecule has 0 unspecified atom stereocenters. The topological polar surface area (TPSA) is 57.4 Å². The number of ether oxygens (including phenoxy) is 2. The van der Waals surface area contributed by atoms with Crippen molar-refractivity contribution in [1.29, 1.82) is 0 Å². The maximum Gasteiger partial charge on any atom is 0.162 e. The van der Waals surface area contributed by atoms with E-state index in [2.05, 4.69) is 4.98 Å². The van der Waals surface area contributed by atoms with E-state index >= 15 is 0 Å². The number of nitrogens with two attached hydrogens (primary N) is 1. The Morgan fingerprint density at radius 3 is 2.76 bits per heavy atom. The number of nitrogen functional groups attached to an aromatic ring is 1. The van der Waals surface area contributed by atoms with E-state index < -0.39 is 0 Å². The van der Waals surface area contributed by atoms with Gasteiger partial charge in [-0.15, -0.1) is 0 Å². The highest BCUT2D eigenvalue weighted by Gasteiger charge is 2.04. The second kappa shape index (κ2) is 5.21. The molecular weight excluding hydrogens is 216 g/mol. The number of aromatic nitrogens is 1. The molecule has 0 aliphatic carbocycles. The third-order valence-electron chi connectivity index (χ3n) is 2.29. The molecule has 0 spiro atoms. The van der Waals surface area contributed by atoms with Gasteiger partial charge < -0.3 is 15.2 Å². The van der Waals surface area contributed by atoms with Gasteiger partial charge in [0.15, 0.2) is 11.5 Å². The predicted octanol–water partition coefficient (Wildman–Crippen LogP) is 2.25. The van der Waals surface area contributed by atoms with Crippen molar-refractivity contribution < 1.29 is 9.47 Å². The first-order valence-electron chi connectivity index (χ1n) is 5.26. The predicted molar refractivity (Wildman–Crippen MR) is 66.0 cm³/mol. The molecule has 17 heavy (non-hydrogen) atoms. The number of anilines is 1. The molecule has 0 saturated heterocycles. The van der Waals surface area contributed by atoms with Crippen LogP contribution in [0.15, 0.2) is 42.6 Å². The van der Waals surface area contributed by atoms with Gasteiger partial charge in [0.05, 0.1) is 12.8 Å². The molecule has 0 bridgehead atoms. The average Bonchev–Trinajstić information content (AvgIpc) is 2.38. The van der Waals surface area contributed by atoms with Gasteiger partial charge in [-0.3, -0.25) is 4.98 Å². The second-order valence-corrected chi connectivity index (χ2v) is 3.52. The van der Waals surface area contributed by atoms with Gasteiger partial charge >= 0.3 is 0 Å². The van der Waals surface area contributed by atoms with Crippen LogP contribution in [0.25, 0.3) is 0 Å². The van der Waals surface area contributed by atoms with E-state index in [-0.39, 0.29) is 0 Å². The summed E-state index contributed by atoms with van der Waals surface area (Å²) in [6, 6.07) is 11.0.